The van der Waals surface area contributed by atoms with E-state index in [1.807, 2.05) is 45.9 Å². The number of aromatic amines is 1. The fourth-order valence-electron chi connectivity index (χ4n) is 3.37. The Morgan fingerprint density at radius 1 is 1.32 bits per heavy atom. The summed E-state index contributed by atoms with van der Waals surface area (Å²) >= 11 is 1.56. The number of hydrogen-bond acceptors (Lipinski definition) is 7. The molecule has 0 saturated heterocycles. The van der Waals surface area contributed by atoms with Crippen molar-refractivity contribution in [3.8, 4) is 17.1 Å². The van der Waals surface area contributed by atoms with Crippen LogP contribution in [0, 0.1) is 6.92 Å². The molecule has 2 aromatic heterocycles. The lowest BCUT2D eigenvalue weighted by Gasteiger charge is -2.29. The minimum absolute atomic E-state index is 0.283. The van der Waals surface area contributed by atoms with Crippen molar-refractivity contribution in [2.45, 2.75) is 46.3 Å². The molecule has 9 heteroatoms. The quantitative estimate of drug-likeness (QED) is 0.599. The number of aryl methyl sites for hydroxylation is 1. The molecule has 31 heavy (non-hydrogen) atoms. The molecule has 4 rings (SSSR count). The number of fused-ring (bicyclic) bond motifs is 1. The first-order valence-corrected chi connectivity index (χ1v) is 11.0. The van der Waals surface area contributed by atoms with Gasteiger partial charge in [0.05, 0.1) is 24.9 Å². The molecule has 0 fully saturated rings. The Morgan fingerprint density at radius 2 is 2.13 bits per heavy atom. The standard InChI is InChI=1S/C22H27N5O3S/c1-13-11-23-19(24-13)15-7-6-14(10-17(15)29-5)25-20-26-16-8-9-27(12-18(16)31-20)21(28)30-22(2,3)4/h6-7,10-11H,8-9,12H2,1-5H3,(H,23,24)(H,25,26). The Labute approximate surface area is 185 Å². The number of imidazole rings is 1. The number of anilines is 2. The number of carbonyl (C=O) groups excluding carboxylic acids is 1. The minimum atomic E-state index is -0.503. The highest BCUT2D eigenvalue weighted by molar-refractivity contribution is 7.15. The monoisotopic (exact) mass is 441 g/mol. The van der Waals surface area contributed by atoms with Gasteiger partial charge in [0.2, 0.25) is 0 Å². The second-order valence-corrected chi connectivity index (χ2v) is 9.58. The first-order valence-electron chi connectivity index (χ1n) is 10.2. The minimum Gasteiger partial charge on any atom is -0.496 e. The van der Waals surface area contributed by atoms with Crippen LogP contribution in [0.4, 0.5) is 15.6 Å². The van der Waals surface area contributed by atoms with E-state index in [1.165, 1.54) is 0 Å². The van der Waals surface area contributed by atoms with Crippen molar-refractivity contribution >= 4 is 28.2 Å². The van der Waals surface area contributed by atoms with E-state index in [2.05, 4.69) is 15.3 Å². The molecular formula is C22H27N5O3S. The van der Waals surface area contributed by atoms with Crippen molar-refractivity contribution in [1.82, 2.24) is 19.9 Å². The van der Waals surface area contributed by atoms with E-state index in [1.54, 1.807) is 29.5 Å². The second kappa shape index (κ2) is 8.22. The third-order valence-electron chi connectivity index (χ3n) is 4.79. The molecule has 164 valence electrons. The lowest BCUT2D eigenvalue weighted by Crippen LogP contribution is -2.39. The number of amides is 1. The van der Waals surface area contributed by atoms with E-state index < -0.39 is 5.60 Å². The van der Waals surface area contributed by atoms with Crippen molar-refractivity contribution in [3.63, 3.8) is 0 Å². The summed E-state index contributed by atoms with van der Waals surface area (Å²) in [7, 11) is 1.64. The Morgan fingerprint density at radius 3 is 2.81 bits per heavy atom. The number of H-pyrrole nitrogens is 1. The molecule has 1 aromatic carbocycles. The summed E-state index contributed by atoms with van der Waals surface area (Å²) in [4.78, 5) is 27.5. The van der Waals surface area contributed by atoms with Gasteiger partial charge in [-0.1, -0.05) is 11.3 Å². The van der Waals surface area contributed by atoms with Crippen molar-refractivity contribution in [2.75, 3.05) is 19.0 Å². The molecule has 2 N–H and O–H groups in total. The smallest absolute Gasteiger partial charge is 0.410 e. The van der Waals surface area contributed by atoms with Crippen molar-refractivity contribution in [3.05, 3.63) is 40.7 Å². The number of ether oxygens (including phenoxy) is 2. The Hall–Kier alpha value is -3.07. The van der Waals surface area contributed by atoms with Crippen LogP contribution in [0.1, 0.15) is 37.0 Å². The molecule has 0 saturated carbocycles. The number of aromatic nitrogens is 3. The van der Waals surface area contributed by atoms with Crippen LogP contribution in [0.3, 0.4) is 0 Å². The molecule has 1 aliphatic heterocycles. The number of thiazole rings is 1. The zero-order valence-corrected chi connectivity index (χ0v) is 19.2. The molecule has 0 spiro atoms. The van der Waals surface area contributed by atoms with Crippen LogP contribution in [0.5, 0.6) is 5.75 Å². The van der Waals surface area contributed by atoms with E-state index >= 15 is 0 Å². The maximum Gasteiger partial charge on any atom is 0.410 e. The maximum absolute atomic E-state index is 12.4. The van der Waals surface area contributed by atoms with Gasteiger partial charge in [0, 0.05) is 41.5 Å². The summed E-state index contributed by atoms with van der Waals surface area (Å²) in [5.41, 5.74) is 3.29. The van der Waals surface area contributed by atoms with Gasteiger partial charge in [-0.2, -0.15) is 0 Å². The van der Waals surface area contributed by atoms with Crippen LogP contribution in [0.15, 0.2) is 24.4 Å². The van der Waals surface area contributed by atoms with Gasteiger partial charge < -0.3 is 24.7 Å². The highest BCUT2D eigenvalue weighted by atomic mass is 32.1. The van der Waals surface area contributed by atoms with Gasteiger partial charge in [-0.05, 0) is 39.8 Å². The Kier molecular flexibility index (Phi) is 5.62. The van der Waals surface area contributed by atoms with E-state index in [9.17, 15) is 4.79 Å². The highest BCUT2D eigenvalue weighted by Crippen LogP contribution is 2.34. The Balaban J connectivity index is 1.49. The van der Waals surface area contributed by atoms with Gasteiger partial charge in [-0.15, -0.1) is 0 Å². The average Bonchev–Trinajstić information content (AvgIpc) is 3.31. The number of nitrogens with one attached hydrogen (secondary N) is 2. The molecule has 0 radical (unpaired) electrons. The summed E-state index contributed by atoms with van der Waals surface area (Å²) in [5, 5.41) is 4.16. The topological polar surface area (TPSA) is 92.4 Å². The van der Waals surface area contributed by atoms with Crippen molar-refractivity contribution in [1.29, 1.82) is 0 Å². The fourth-order valence-corrected chi connectivity index (χ4v) is 4.41. The molecule has 0 atom stereocenters. The van der Waals surface area contributed by atoms with Gasteiger partial charge in [-0.3, -0.25) is 0 Å². The second-order valence-electron chi connectivity index (χ2n) is 8.50. The number of carbonyl (C=O) groups is 1. The highest BCUT2D eigenvalue weighted by Gasteiger charge is 2.28. The van der Waals surface area contributed by atoms with Gasteiger partial charge in [-0.25, -0.2) is 14.8 Å². The normalized spacial score (nSPS) is 13.6. The van der Waals surface area contributed by atoms with Crippen molar-refractivity contribution < 1.29 is 14.3 Å². The summed E-state index contributed by atoms with van der Waals surface area (Å²) in [6.07, 6.45) is 2.23. The van der Waals surface area contributed by atoms with E-state index in [0.29, 0.717) is 19.5 Å². The van der Waals surface area contributed by atoms with E-state index in [0.717, 1.165) is 44.2 Å². The van der Waals surface area contributed by atoms with Crippen LogP contribution in [-0.2, 0) is 17.7 Å². The van der Waals surface area contributed by atoms with E-state index in [4.69, 9.17) is 14.5 Å². The van der Waals surface area contributed by atoms with Gasteiger partial charge in [0.1, 0.15) is 17.2 Å². The third kappa shape index (κ3) is 4.82. The van der Waals surface area contributed by atoms with Crippen LogP contribution >= 0.6 is 11.3 Å². The number of benzene rings is 1. The molecular weight excluding hydrogens is 414 g/mol. The van der Waals surface area contributed by atoms with Crippen LogP contribution in [-0.4, -0.2) is 45.2 Å². The Bertz CT molecular complexity index is 1100. The fraction of sp³-hybridized carbons (Fsp3) is 0.409. The van der Waals surface area contributed by atoms with Crippen LogP contribution in [0.25, 0.3) is 11.4 Å². The first-order chi connectivity index (χ1) is 14.7. The summed E-state index contributed by atoms with van der Waals surface area (Å²) in [6, 6.07) is 5.88. The molecule has 0 unspecified atom stereocenters. The first kappa shape index (κ1) is 21.2. The SMILES string of the molecule is COc1cc(Nc2nc3c(s2)CN(C(=O)OC(C)(C)C)CC3)ccc1-c1ncc(C)[nH]1. The van der Waals surface area contributed by atoms with Crippen LogP contribution in [0.2, 0.25) is 0 Å². The van der Waals surface area contributed by atoms with Gasteiger partial charge in [0.25, 0.3) is 0 Å². The summed E-state index contributed by atoms with van der Waals surface area (Å²) in [5.74, 6) is 1.49. The zero-order valence-electron chi connectivity index (χ0n) is 18.4. The largest absolute Gasteiger partial charge is 0.496 e. The number of methoxy groups -OCH3 is 1. The molecule has 0 aliphatic carbocycles. The molecule has 3 aromatic rings. The summed E-state index contributed by atoms with van der Waals surface area (Å²) < 4.78 is 11.1. The predicted octanol–water partition coefficient (Wildman–Crippen LogP) is 4.89. The van der Waals surface area contributed by atoms with Crippen LogP contribution < -0.4 is 10.1 Å². The van der Waals surface area contributed by atoms with Gasteiger partial charge >= 0.3 is 6.09 Å². The van der Waals surface area contributed by atoms with E-state index in [-0.39, 0.29) is 6.09 Å². The molecule has 3 heterocycles. The number of nitrogens with zero attached hydrogens (tertiary/aromatic N) is 3. The third-order valence-corrected chi connectivity index (χ3v) is 5.79. The average molecular weight is 442 g/mol. The zero-order chi connectivity index (χ0) is 22.2. The van der Waals surface area contributed by atoms with Crippen molar-refractivity contribution in [2.24, 2.45) is 0 Å². The lowest BCUT2D eigenvalue weighted by molar-refractivity contribution is 0.0225. The maximum atomic E-state index is 12.4. The number of hydrogen-bond donors (Lipinski definition) is 2. The molecule has 1 aliphatic rings. The molecule has 1 amide bonds. The number of rotatable bonds is 4. The molecule has 8 nitrogen and oxygen atoms in total. The molecule has 0 bridgehead atoms. The summed E-state index contributed by atoms with van der Waals surface area (Å²) in [6.45, 7) is 8.72. The van der Waals surface area contributed by atoms with Gasteiger partial charge in [0.15, 0.2) is 5.13 Å². The predicted molar refractivity (Wildman–Crippen MR) is 121 cm³/mol. The lowest BCUT2D eigenvalue weighted by atomic mass is 10.1.